The van der Waals surface area contributed by atoms with Crippen LogP contribution in [0, 0.1) is 6.92 Å². The van der Waals surface area contributed by atoms with Gasteiger partial charge in [0.2, 0.25) is 0 Å². The Kier molecular flexibility index (Phi) is 5.93. The van der Waals surface area contributed by atoms with Gasteiger partial charge in [-0.2, -0.15) is 0 Å². The average Bonchev–Trinajstić information content (AvgIpc) is 2.84. The first kappa shape index (κ1) is 22.3. The standard InChI is InChI=1S/C30H31N3O/c1-22-31-28-26(20-32(21-30(28,2)3)19-23-13-7-4-8-14-23)29(34)33(22)27(24-15-9-5-10-16-24)25-17-11-6-12-18-25/h4-18,27H,19-21H2,1-3H3. The van der Waals surface area contributed by atoms with E-state index in [0.717, 1.165) is 41.3 Å². The lowest BCUT2D eigenvalue weighted by Gasteiger charge is -2.39. The van der Waals surface area contributed by atoms with Gasteiger partial charge in [0.05, 0.1) is 17.3 Å². The highest BCUT2D eigenvalue weighted by Gasteiger charge is 2.36. The predicted molar refractivity (Wildman–Crippen MR) is 137 cm³/mol. The number of hydrogen-bond donors (Lipinski definition) is 0. The van der Waals surface area contributed by atoms with Gasteiger partial charge in [-0.1, -0.05) is 105 Å². The van der Waals surface area contributed by atoms with Crippen LogP contribution >= 0.6 is 0 Å². The highest BCUT2D eigenvalue weighted by molar-refractivity contribution is 5.36. The number of hydrogen-bond acceptors (Lipinski definition) is 3. The van der Waals surface area contributed by atoms with Crippen molar-refractivity contribution >= 4 is 0 Å². The molecule has 0 spiro atoms. The zero-order chi connectivity index (χ0) is 23.7. The maximum Gasteiger partial charge on any atom is 0.259 e. The molecule has 3 aromatic carbocycles. The van der Waals surface area contributed by atoms with Gasteiger partial charge >= 0.3 is 0 Å². The molecule has 1 aliphatic rings. The first-order valence-electron chi connectivity index (χ1n) is 11.9. The number of benzene rings is 3. The molecule has 0 saturated heterocycles. The summed E-state index contributed by atoms with van der Waals surface area (Å²) in [5, 5.41) is 0. The van der Waals surface area contributed by atoms with E-state index in [9.17, 15) is 4.79 Å². The zero-order valence-corrected chi connectivity index (χ0v) is 20.1. The topological polar surface area (TPSA) is 38.1 Å². The van der Waals surface area contributed by atoms with Gasteiger partial charge in [0.1, 0.15) is 5.82 Å². The third-order valence-corrected chi connectivity index (χ3v) is 6.76. The summed E-state index contributed by atoms with van der Waals surface area (Å²) in [7, 11) is 0. The molecule has 0 aliphatic carbocycles. The van der Waals surface area contributed by atoms with Crippen LogP contribution in [0.5, 0.6) is 0 Å². The maximum absolute atomic E-state index is 14.2. The SMILES string of the molecule is Cc1nc2c(c(=O)n1C(c1ccccc1)c1ccccc1)CN(Cc1ccccc1)CC2(C)C. The van der Waals surface area contributed by atoms with Crippen molar-refractivity contribution in [3.05, 3.63) is 135 Å². The molecule has 0 amide bonds. The molecule has 0 bridgehead atoms. The molecule has 0 saturated carbocycles. The molecule has 4 aromatic rings. The minimum absolute atomic E-state index is 0.0612. The lowest BCUT2D eigenvalue weighted by atomic mass is 9.82. The van der Waals surface area contributed by atoms with Crippen molar-refractivity contribution in [2.75, 3.05) is 6.54 Å². The molecule has 1 aliphatic heterocycles. The molecule has 4 heteroatoms. The fourth-order valence-corrected chi connectivity index (χ4v) is 5.31. The van der Waals surface area contributed by atoms with Crippen LogP contribution in [-0.4, -0.2) is 21.0 Å². The Morgan fingerprint density at radius 3 is 1.94 bits per heavy atom. The van der Waals surface area contributed by atoms with E-state index in [-0.39, 0.29) is 17.0 Å². The molecule has 0 fully saturated rings. The van der Waals surface area contributed by atoms with E-state index < -0.39 is 0 Å². The van der Waals surface area contributed by atoms with Crippen LogP contribution in [-0.2, 0) is 18.5 Å². The largest absolute Gasteiger partial charge is 0.294 e. The third-order valence-electron chi connectivity index (χ3n) is 6.76. The van der Waals surface area contributed by atoms with Gasteiger partial charge in [-0.3, -0.25) is 14.3 Å². The van der Waals surface area contributed by atoms with Gasteiger partial charge in [-0.25, -0.2) is 4.98 Å². The number of aryl methyl sites for hydroxylation is 1. The molecule has 34 heavy (non-hydrogen) atoms. The molecule has 0 radical (unpaired) electrons. The predicted octanol–water partition coefficient (Wildman–Crippen LogP) is 5.48. The molecule has 2 heterocycles. The summed E-state index contributed by atoms with van der Waals surface area (Å²) in [5.74, 6) is 0.756. The third kappa shape index (κ3) is 4.22. The monoisotopic (exact) mass is 449 g/mol. The summed E-state index contributed by atoms with van der Waals surface area (Å²) in [5.41, 5.74) is 5.03. The summed E-state index contributed by atoms with van der Waals surface area (Å²) < 4.78 is 1.89. The minimum atomic E-state index is -0.222. The van der Waals surface area contributed by atoms with Crippen molar-refractivity contribution in [2.24, 2.45) is 0 Å². The maximum atomic E-state index is 14.2. The lowest BCUT2D eigenvalue weighted by molar-refractivity contribution is 0.179. The molecule has 172 valence electrons. The van der Waals surface area contributed by atoms with Gasteiger partial charge < -0.3 is 0 Å². The first-order chi connectivity index (χ1) is 16.4. The fraction of sp³-hybridized carbons (Fsp3) is 0.267. The van der Waals surface area contributed by atoms with Crippen molar-refractivity contribution in [2.45, 2.75) is 45.3 Å². The minimum Gasteiger partial charge on any atom is -0.294 e. The number of aromatic nitrogens is 2. The Hall–Kier alpha value is -3.50. The lowest BCUT2D eigenvalue weighted by Crippen LogP contribution is -2.47. The van der Waals surface area contributed by atoms with Crippen molar-refractivity contribution < 1.29 is 0 Å². The Bertz CT molecular complexity index is 1290. The van der Waals surface area contributed by atoms with Crippen LogP contribution in [0.2, 0.25) is 0 Å². The second-order valence-electron chi connectivity index (χ2n) is 9.90. The van der Waals surface area contributed by atoms with Crippen LogP contribution in [0.25, 0.3) is 0 Å². The molecule has 4 nitrogen and oxygen atoms in total. The second kappa shape index (κ2) is 9.03. The highest BCUT2D eigenvalue weighted by atomic mass is 16.1. The van der Waals surface area contributed by atoms with E-state index in [1.807, 2.05) is 54.0 Å². The van der Waals surface area contributed by atoms with E-state index in [2.05, 4.69) is 67.3 Å². The van der Waals surface area contributed by atoms with Crippen molar-refractivity contribution in [1.82, 2.24) is 14.5 Å². The number of fused-ring (bicyclic) bond motifs is 1. The van der Waals surface area contributed by atoms with Crippen LogP contribution in [0.3, 0.4) is 0 Å². The van der Waals surface area contributed by atoms with E-state index in [4.69, 9.17) is 4.98 Å². The van der Waals surface area contributed by atoms with E-state index in [1.54, 1.807) is 0 Å². The summed E-state index contributed by atoms with van der Waals surface area (Å²) in [6.45, 7) is 8.66. The number of rotatable bonds is 5. The Morgan fingerprint density at radius 2 is 1.38 bits per heavy atom. The van der Waals surface area contributed by atoms with E-state index in [0.29, 0.717) is 6.54 Å². The second-order valence-corrected chi connectivity index (χ2v) is 9.90. The fourth-order valence-electron chi connectivity index (χ4n) is 5.31. The van der Waals surface area contributed by atoms with Gasteiger partial charge in [-0.05, 0) is 23.6 Å². The average molecular weight is 450 g/mol. The van der Waals surface area contributed by atoms with Gasteiger partial charge in [0.25, 0.3) is 5.56 Å². The van der Waals surface area contributed by atoms with Gasteiger partial charge in [-0.15, -0.1) is 0 Å². The van der Waals surface area contributed by atoms with E-state index >= 15 is 0 Å². The summed E-state index contributed by atoms with van der Waals surface area (Å²) in [6, 6.07) is 30.8. The van der Waals surface area contributed by atoms with Crippen LogP contribution < -0.4 is 5.56 Å². The molecular formula is C30H31N3O. The van der Waals surface area contributed by atoms with Crippen LogP contribution in [0.1, 0.15) is 53.7 Å². The summed E-state index contributed by atoms with van der Waals surface area (Å²) in [6.07, 6.45) is 0. The van der Waals surface area contributed by atoms with Gasteiger partial charge in [0.15, 0.2) is 0 Å². The molecule has 5 rings (SSSR count). The quantitative estimate of drug-likeness (QED) is 0.405. The molecule has 0 N–H and O–H groups in total. The Labute approximate surface area is 201 Å². The molecule has 0 unspecified atom stereocenters. The summed E-state index contributed by atoms with van der Waals surface area (Å²) in [4.78, 5) is 21.7. The number of nitrogens with zero attached hydrogens (tertiary/aromatic N) is 3. The molecule has 1 aromatic heterocycles. The smallest absolute Gasteiger partial charge is 0.259 e. The molecule has 0 atom stereocenters. The van der Waals surface area contributed by atoms with Crippen molar-refractivity contribution in [1.29, 1.82) is 0 Å². The van der Waals surface area contributed by atoms with Crippen LogP contribution in [0.4, 0.5) is 0 Å². The summed E-state index contributed by atoms with van der Waals surface area (Å²) >= 11 is 0. The first-order valence-corrected chi connectivity index (χ1v) is 11.9. The Balaban J connectivity index is 1.64. The van der Waals surface area contributed by atoms with Crippen molar-refractivity contribution in [3.63, 3.8) is 0 Å². The van der Waals surface area contributed by atoms with E-state index in [1.165, 1.54) is 5.56 Å². The van der Waals surface area contributed by atoms with Crippen molar-refractivity contribution in [3.8, 4) is 0 Å². The normalized spacial score (nSPS) is 15.3. The molecular weight excluding hydrogens is 418 g/mol. The highest BCUT2D eigenvalue weighted by Crippen LogP contribution is 2.33. The zero-order valence-electron chi connectivity index (χ0n) is 20.1. The Morgan fingerprint density at radius 1 is 0.853 bits per heavy atom. The van der Waals surface area contributed by atoms with Crippen LogP contribution in [0.15, 0.2) is 95.8 Å². The van der Waals surface area contributed by atoms with Gasteiger partial charge in [0, 0.05) is 25.0 Å².